The Labute approximate surface area is 87.6 Å². The molecule has 0 heterocycles. The van der Waals surface area contributed by atoms with Gasteiger partial charge in [0.05, 0.1) is 0 Å². The molecule has 0 aromatic heterocycles. The third-order valence-electron chi connectivity index (χ3n) is 1.25. The Kier molecular flexibility index (Phi) is 3.65. The van der Waals surface area contributed by atoms with Crippen LogP contribution in [0.15, 0.2) is 24.3 Å². The topological polar surface area (TPSA) is 52.6 Å². The van der Waals surface area contributed by atoms with Crippen LogP contribution in [0.4, 0.5) is 16.8 Å². The van der Waals surface area contributed by atoms with Gasteiger partial charge in [0.2, 0.25) is 0 Å². The molecule has 16 heavy (non-hydrogen) atoms. The summed E-state index contributed by atoms with van der Waals surface area (Å²) in [5.74, 6) is -0.957. The highest BCUT2D eigenvalue weighted by Crippen LogP contribution is 2.52. The van der Waals surface area contributed by atoms with E-state index in [9.17, 15) is 25.9 Å². The summed E-state index contributed by atoms with van der Waals surface area (Å²) >= 11 is 0. The van der Waals surface area contributed by atoms with E-state index in [1.54, 1.807) is 0 Å². The van der Waals surface area contributed by atoms with E-state index in [0.717, 1.165) is 24.3 Å². The van der Waals surface area contributed by atoms with E-state index in [0.29, 0.717) is 0 Å². The standard InChI is InChI=1S/C6H4F4O4P2/c7-15(8,11)13-5-1-2-6(4-3-5)14-16(9,10)12/h1-4H. The van der Waals surface area contributed by atoms with Crippen LogP contribution in [0.3, 0.4) is 0 Å². The van der Waals surface area contributed by atoms with Crippen molar-refractivity contribution >= 4 is 16.0 Å². The number of halogens is 4. The van der Waals surface area contributed by atoms with Crippen molar-refractivity contribution in [3.05, 3.63) is 24.3 Å². The van der Waals surface area contributed by atoms with Crippen LogP contribution in [0.2, 0.25) is 0 Å². The van der Waals surface area contributed by atoms with Crippen LogP contribution in [0.5, 0.6) is 11.5 Å². The van der Waals surface area contributed by atoms with Crippen LogP contribution in [0.1, 0.15) is 0 Å². The molecule has 1 aromatic rings. The van der Waals surface area contributed by atoms with E-state index in [-0.39, 0.29) is 0 Å². The van der Waals surface area contributed by atoms with Crippen molar-refractivity contribution in [3.8, 4) is 11.5 Å². The van der Waals surface area contributed by atoms with Gasteiger partial charge in [-0.15, -0.1) is 16.8 Å². The van der Waals surface area contributed by atoms with E-state index in [1.807, 2.05) is 0 Å². The second-order valence-electron chi connectivity index (χ2n) is 2.48. The fraction of sp³-hybridized carbons (Fsp3) is 0. The molecule has 0 amide bonds. The van der Waals surface area contributed by atoms with Crippen molar-refractivity contribution in [2.75, 3.05) is 0 Å². The number of hydrogen-bond acceptors (Lipinski definition) is 4. The first-order valence-electron chi connectivity index (χ1n) is 3.64. The lowest BCUT2D eigenvalue weighted by Crippen LogP contribution is -1.85. The summed E-state index contributed by atoms with van der Waals surface area (Å²) in [7, 11) is -11.4. The molecule has 0 saturated carbocycles. The number of benzene rings is 1. The van der Waals surface area contributed by atoms with Gasteiger partial charge in [0.25, 0.3) is 0 Å². The van der Waals surface area contributed by atoms with Crippen molar-refractivity contribution in [3.63, 3.8) is 0 Å². The highest BCUT2D eigenvalue weighted by Gasteiger charge is 2.24. The highest BCUT2D eigenvalue weighted by atomic mass is 31.2. The van der Waals surface area contributed by atoms with Crippen LogP contribution in [-0.4, -0.2) is 0 Å². The van der Waals surface area contributed by atoms with Gasteiger partial charge in [-0.05, 0) is 24.3 Å². The molecule has 0 bridgehead atoms. The third kappa shape index (κ3) is 5.19. The number of hydrogen-bond donors (Lipinski definition) is 0. The lowest BCUT2D eigenvalue weighted by atomic mass is 10.3. The first kappa shape index (κ1) is 13.1. The van der Waals surface area contributed by atoms with Gasteiger partial charge in [0, 0.05) is 0 Å². The Bertz CT molecular complexity index is 407. The van der Waals surface area contributed by atoms with Crippen molar-refractivity contribution in [1.82, 2.24) is 0 Å². The highest BCUT2D eigenvalue weighted by molar-refractivity contribution is 7.48. The largest absolute Gasteiger partial charge is 0.610 e. The van der Waals surface area contributed by atoms with Gasteiger partial charge < -0.3 is 9.05 Å². The maximum absolute atomic E-state index is 11.9. The van der Waals surface area contributed by atoms with Crippen molar-refractivity contribution < 1.29 is 35.0 Å². The quantitative estimate of drug-likeness (QED) is 0.599. The molecule has 0 fully saturated rings. The lowest BCUT2D eigenvalue weighted by Gasteiger charge is -2.05. The van der Waals surface area contributed by atoms with Crippen LogP contribution in [0.25, 0.3) is 0 Å². The van der Waals surface area contributed by atoms with Crippen LogP contribution >= 0.6 is 16.0 Å². The molecule has 1 aromatic carbocycles. The van der Waals surface area contributed by atoms with Gasteiger partial charge in [0.15, 0.2) is 0 Å². The maximum Gasteiger partial charge on any atom is 0.610 e. The zero-order chi connectivity index (χ0) is 12.4. The van der Waals surface area contributed by atoms with Crippen LogP contribution in [0, 0.1) is 0 Å². The molecular formula is C6H4F4O4P2. The Morgan fingerprint density at radius 1 is 0.750 bits per heavy atom. The molecular weight excluding hydrogens is 274 g/mol. The van der Waals surface area contributed by atoms with E-state index < -0.39 is 27.5 Å². The van der Waals surface area contributed by atoms with E-state index in [2.05, 4.69) is 9.05 Å². The molecule has 4 nitrogen and oxygen atoms in total. The van der Waals surface area contributed by atoms with Crippen LogP contribution < -0.4 is 9.05 Å². The first-order chi connectivity index (χ1) is 7.16. The summed E-state index contributed by atoms with van der Waals surface area (Å²) < 4.78 is 75.0. The summed E-state index contributed by atoms with van der Waals surface area (Å²) in [5, 5.41) is 0. The third-order valence-corrected chi connectivity index (χ3v) is 2.09. The summed E-state index contributed by atoms with van der Waals surface area (Å²) in [4.78, 5) is 0. The van der Waals surface area contributed by atoms with Crippen molar-refractivity contribution in [2.45, 2.75) is 0 Å². The fourth-order valence-corrected chi connectivity index (χ4v) is 1.54. The first-order valence-corrected chi connectivity index (χ1v) is 6.45. The summed E-state index contributed by atoms with van der Waals surface area (Å²) in [6.45, 7) is 0. The van der Waals surface area contributed by atoms with Crippen molar-refractivity contribution in [1.29, 1.82) is 0 Å². The average molecular weight is 278 g/mol. The molecule has 0 spiro atoms. The molecule has 0 aliphatic carbocycles. The lowest BCUT2D eigenvalue weighted by molar-refractivity contribution is 0.377. The minimum atomic E-state index is -5.69. The number of rotatable bonds is 4. The molecule has 0 aliphatic heterocycles. The van der Waals surface area contributed by atoms with Crippen LogP contribution in [-0.2, 0) is 9.13 Å². The van der Waals surface area contributed by atoms with Gasteiger partial charge in [-0.25, -0.2) is 9.13 Å². The van der Waals surface area contributed by atoms with Gasteiger partial charge in [-0.1, -0.05) is 0 Å². The normalized spacial score (nSPS) is 12.2. The molecule has 0 saturated heterocycles. The molecule has 0 unspecified atom stereocenters. The Morgan fingerprint density at radius 3 is 1.19 bits per heavy atom. The molecule has 0 N–H and O–H groups in total. The van der Waals surface area contributed by atoms with Gasteiger partial charge in [0.1, 0.15) is 11.5 Å². The van der Waals surface area contributed by atoms with Gasteiger partial charge >= 0.3 is 16.0 Å². The fourth-order valence-electron chi connectivity index (χ4n) is 0.807. The summed E-state index contributed by atoms with van der Waals surface area (Å²) in [6.07, 6.45) is 0. The van der Waals surface area contributed by atoms with Gasteiger partial charge in [-0.3, -0.25) is 0 Å². The zero-order valence-electron chi connectivity index (χ0n) is 7.35. The smallest absolute Gasteiger partial charge is 0.398 e. The molecule has 0 atom stereocenters. The predicted molar refractivity (Wildman–Crippen MR) is 47.3 cm³/mol. The Balaban J connectivity index is 2.76. The SMILES string of the molecule is O=P(F)(F)Oc1ccc(OP(=O)(F)F)cc1. The second kappa shape index (κ2) is 4.47. The molecule has 0 aliphatic rings. The second-order valence-corrected chi connectivity index (χ2v) is 4.51. The molecule has 1 rings (SSSR count). The van der Waals surface area contributed by atoms with E-state index in [1.165, 1.54) is 0 Å². The monoisotopic (exact) mass is 278 g/mol. The van der Waals surface area contributed by atoms with E-state index in [4.69, 9.17) is 0 Å². The minimum Gasteiger partial charge on any atom is -0.398 e. The summed E-state index contributed by atoms with van der Waals surface area (Å²) in [5.41, 5.74) is 0. The predicted octanol–water partition coefficient (Wildman–Crippen LogP) is 4.54. The van der Waals surface area contributed by atoms with Gasteiger partial charge in [-0.2, -0.15) is 0 Å². The van der Waals surface area contributed by atoms with Crippen molar-refractivity contribution in [2.24, 2.45) is 0 Å². The maximum atomic E-state index is 11.9. The minimum absolute atomic E-state index is 0.478. The Hall–Kier alpha value is -1.00. The molecule has 10 heteroatoms. The van der Waals surface area contributed by atoms with E-state index >= 15 is 0 Å². The zero-order valence-corrected chi connectivity index (χ0v) is 9.14. The molecule has 0 radical (unpaired) electrons. The summed E-state index contributed by atoms with van der Waals surface area (Å²) in [6, 6.07) is 3.32. The molecule has 90 valence electrons. The average Bonchev–Trinajstić information content (AvgIpc) is 2.03. The Morgan fingerprint density at radius 2 is 1.00 bits per heavy atom.